The smallest absolute Gasteiger partial charge is 0.247 e. The fraction of sp³-hybridized carbons (Fsp3) is 0. The number of aromatic nitrogens is 2. The van der Waals surface area contributed by atoms with Crippen molar-refractivity contribution in [2.24, 2.45) is 0 Å². The molecule has 0 amide bonds. The number of benzene rings is 3. The Kier molecular flexibility index (Phi) is 4.23. The van der Waals surface area contributed by atoms with Gasteiger partial charge < -0.3 is 10.5 Å². The van der Waals surface area contributed by atoms with Crippen LogP contribution in [0.5, 0.6) is 11.6 Å². The second kappa shape index (κ2) is 6.83. The number of hydrogen-bond donors (Lipinski definition) is 1. The van der Waals surface area contributed by atoms with Crippen LogP contribution in [-0.2, 0) is 0 Å². The van der Waals surface area contributed by atoms with Crippen LogP contribution in [0.3, 0.4) is 0 Å². The van der Waals surface area contributed by atoms with E-state index >= 15 is 0 Å². The van der Waals surface area contributed by atoms with E-state index in [0.717, 1.165) is 15.7 Å². The fourth-order valence-corrected chi connectivity index (χ4v) is 3.28. The monoisotopic (exact) mass is 345 g/mol. The van der Waals surface area contributed by atoms with E-state index < -0.39 is 0 Å². The first kappa shape index (κ1) is 15.5. The van der Waals surface area contributed by atoms with E-state index in [4.69, 9.17) is 10.5 Å². The average molecular weight is 345 g/mol. The minimum Gasteiger partial charge on any atom is -0.437 e. The molecule has 5 heteroatoms. The molecule has 0 aliphatic rings. The van der Waals surface area contributed by atoms with Crippen molar-refractivity contribution in [3.63, 3.8) is 0 Å². The number of fused-ring (bicyclic) bond motifs is 1. The summed E-state index contributed by atoms with van der Waals surface area (Å²) >= 11 is 1.49. The molecule has 0 radical (unpaired) electrons. The summed E-state index contributed by atoms with van der Waals surface area (Å²) in [5.41, 5.74) is 6.66. The number of ether oxygens (including phenoxy) is 1. The van der Waals surface area contributed by atoms with Crippen molar-refractivity contribution < 1.29 is 4.74 Å². The molecule has 3 aromatic carbocycles. The Morgan fingerprint density at radius 2 is 1.56 bits per heavy atom. The maximum Gasteiger partial charge on any atom is 0.247 e. The third-order valence-corrected chi connectivity index (χ3v) is 4.73. The summed E-state index contributed by atoms with van der Waals surface area (Å²) in [4.78, 5) is 9.52. The van der Waals surface area contributed by atoms with Gasteiger partial charge >= 0.3 is 0 Å². The number of nitrogens with two attached hydrogens (primary N) is 1. The zero-order valence-electron chi connectivity index (χ0n) is 13.3. The van der Waals surface area contributed by atoms with E-state index in [1.165, 1.54) is 18.1 Å². The van der Waals surface area contributed by atoms with Crippen molar-refractivity contribution in [2.45, 2.75) is 9.92 Å². The predicted octanol–water partition coefficient (Wildman–Crippen LogP) is 5.16. The van der Waals surface area contributed by atoms with Crippen LogP contribution in [0.25, 0.3) is 10.8 Å². The largest absolute Gasteiger partial charge is 0.437 e. The molecule has 1 heterocycles. The van der Waals surface area contributed by atoms with Gasteiger partial charge in [0, 0.05) is 4.90 Å². The molecule has 0 saturated carbocycles. The Balaban J connectivity index is 1.62. The highest BCUT2D eigenvalue weighted by Gasteiger charge is 2.12. The molecule has 122 valence electrons. The first-order valence-corrected chi connectivity index (χ1v) is 8.61. The summed E-state index contributed by atoms with van der Waals surface area (Å²) < 4.78 is 5.91. The lowest BCUT2D eigenvalue weighted by atomic mass is 10.1. The number of anilines is 1. The van der Waals surface area contributed by atoms with Gasteiger partial charge in [0.1, 0.15) is 22.8 Å². The van der Waals surface area contributed by atoms with Crippen molar-refractivity contribution in [2.75, 3.05) is 5.73 Å². The molecule has 1 aromatic heterocycles. The quantitative estimate of drug-likeness (QED) is 0.518. The summed E-state index contributed by atoms with van der Waals surface area (Å²) in [7, 11) is 0. The lowest BCUT2D eigenvalue weighted by molar-refractivity contribution is 0.463. The minimum absolute atomic E-state index is 0.365. The zero-order chi connectivity index (χ0) is 17.1. The average Bonchev–Trinajstić information content (AvgIpc) is 2.66. The highest BCUT2D eigenvalue weighted by molar-refractivity contribution is 7.99. The summed E-state index contributed by atoms with van der Waals surface area (Å²) in [5, 5.41) is 2.94. The summed E-state index contributed by atoms with van der Waals surface area (Å²) in [6.45, 7) is 0. The van der Waals surface area contributed by atoms with Crippen LogP contribution < -0.4 is 10.5 Å². The second-order valence-corrected chi connectivity index (χ2v) is 6.49. The molecular formula is C20H15N3OS. The molecule has 0 atom stereocenters. The SMILES string of the molecule is Nc1c(Oc2ccc3ccccc3c2)ncnc1Sc1ccccc1. The molecule has 0 fully saturated rings. The first-order valence-electron chi connectivity index (χ1n) is 7.79. The van der Waals surface area contributed by atoms with Crippen molar-refractivity contribution in [3.05, 3.63) is 79.1 Å². The van der Waals surface area contributed by atoms with Crippen LogP contribution in [0, 0.1) is 0 Å². The zero-order valence-corrected chi connectivity index (χ0v) is 14.1. The Labute approximate surface area is 149 Å². The van der Waals surface area contributed by atoms with Gasteiger partial charge in [0.25, 0.3) is 0 Å². The van der Waals surface area contributed by atoms with Gasteiger partial charge in [-0.2, -0.15) is 4.98 Å². The lowest BCUT2D eigenvalue weighted by Crippen LogP contribution is -1.99. The van der Waals surface area contributed by atoms with Crippen LogP contribution in [0.15, 0.2) is 89.0 Å². The topological polar surface area (TPSA) is 61.0 Å². The Morgan fingerprint density at radius 1 is 0.800 bits per heavy atom. The van der Waals surface area contributed by atoms with E-state index in [9.17, 15) is 0 Å². The number of hydrogen-bond acceptors (Lipinski definition) is 5. The first-order chi connectivity index (χ1) is 12.3. The summed E-state index contributed by atoms with van der Waals surface area (Å²) in [6.07, 6.45) is 1.47. The van der Waals surface area contributed by atoms with Gasteiger partial charge in [-0.3, -0.25) is 0 Å². The van der Waals surface area contributed by atoms with Crippen molar-refractivity contribution >= 4 is 28.2 Å². The highest BCUT2D eigenvalue weighted by Crippen LogP contribution is 2.35. The predicted molar refractivity (Wildman–Crippen MR) is 101 cm³/mol. The molecule has 0 aliphatic heterocycles. The Morgan fingerprint density at radius 3 is 2.40 bits per heavy atom. The summed E-state index contributed by atoms with van der Waals surface area (Å²) in [5.74, 6) is 1.06. The molecule has 0 saturated heterocycles. The maximum absolute atomic E-state index is 6.22. The van der Waals surface area contributed by atoms with Crippen LogP contribution in [0.1, 0.15) is 0 Å². The third kappa shape index (κ3) is 3.41. The van der Waals surface area contributed by atoms with Crippen LogP contribution in [-0.4, -0.2) is 9.97 Å². The van der Waals surface area contributed by atoms with Gasteiger partial charge in [-0.15, -0.1) is 0 Å². The van der Waals surface area contributed by atoms with E-state index in [0.29, 0.717) is 22.3 Å². The van der Waals surface area contributed by atoms with Gasteiger partial charge in [0.05, 0.1) is 0 Å². The van der Waals surface area contributed by atoms with Crippen molar-refractivity contribution in [1.82, 2.24) is 9.97 Å². The third-order valence-electron chi connectivity index (χ3n) is 3.70. The van der Waals surface area contributed by atoms with Gasteiger partial charge in [-0.25, -0.2) is 4.98 Å². The molecule has 0 spiro atoms. The number of rotatable bonds is 4. The van der Waals surface area contributed by atoms with E-state index in [1.807, 2.05) is 66.7 Å². The van der Waals surface area contributed by atoms with E-state index in [-0.39, 0.29) is 0 Å². The van der Waals surface area contributed by atoms with Gasteiger partial charge in [0.15, 0.2) is 0 Å². The van der Waals surface area contributed by atoms with Gasteiger partial charge in [-0.05, 0) is 35.0 Å². The number of nitrogens with zero attached hydrogens (tertiary/aromatic N) is 2. The van der Waals surface area contributed by atoms with Crippen molar-refractivity contribution in [1.29, 1.82) is 0 Å². The van der Waals surface area contributed by atoms with E-state index in [1.54, 1.807) is 0 Å². The molecule has 4 aromatic rings. The minimum atomic E-state index is 0.365. The molecule has 0 bridgehead atoms. The Bertz CT molecular complexity index is 1020. The fourth-order valence-electron chi connectivity index (χ4n) is 2.47. The molecule has 0 aliphatic carbocycles. The second-order valence-electron chi connectivity index (χ2n) is 5.42. The van der Waals surface area contributed by atoms with Crippen LogP contribution in [0.4, 0.5) is 5.69 Å². The molecule has 25 heavy (non-hydrogen) atoms. The standard InChI is InChI=1S/C20H15N3OS/c21-18-19(22-13-23-20(18)25-17-8-2-1-3-9-17)24-16-11-10-14-6-4-5-7-15(14)12-16/h1-13H,21H2. The maximum atomic E-state index is 6.22. The molecule has 2 N–H and O–H groups in total. The molecule has 4 nitrogen and oxygen atoms in total. The number of nitrogen functional groups attached to an aromatic ring is 1. The molecule has 4 rings (SSSR count). The van der Waals surface area contributed by atoms with Crippen LogP contribution in [0.2, 0.25) is 0 Å². The normalized spacial score (nSPS) is 10.7. The highest BCUT2D eigenvalue weighted by atomic mass is 32.2. The van der Waals surface area contributed by atoms with Gasteiger partial charge in [-0.1, -0.05) is 60.3 Å². The Hall–Kier alpha value is -3.05. The van der Waals surface area contributed by atoms with Gasteiger partial charge in [0.2, 0.25) is 5.88 Å². The molecular weight excluding hydrogens is 330 g/mol. The van der Waals surface area contributed by atoms with Crippen LogP contribution >= 0.6 is 11.8 Å². The van der Waals surface area contributed by atoms with Crippen molar-refractivity contribution in [3.8, 4) is 11.6 Å². The molecule has 0 unspecified atom stereocenters. The summed E-state index contributed by atoms with van der Waals surface area (Å²) in [6, 6.07) is 24.0. The lowest BCUT2D eigenvalue weighted by Gasteiger charge is -2.10. The van der Waals surface area contributed by atoms with E-state index in [2.05, 4.69) is 16.0 Å².